The Hall–Kier alpha value is -1.83. The van der Waals surface area contributed by atoms with Crippen LogP contribution in [0.1, 0.15) is 19.8 Å². The Morgan fingerprint density at radius 1 is 1.25 bits per heavy atom. The number of rotatable bonds is 9. The highest BCUT2D eigenvalue weighted by Crippen LogP contribution is 2.00. The topological polar surface area (TPSA) is 114 Å². The van der Waals surface area contributed by atoms with E-state index in [9.17, 15) is 14.4 Å². The van der Waals surface area contributed by atoms with Crippen LogP contribution in [0.4, 0.5) is 4.79 Å². The summed E-state index contributed by atoms with van der Waals surface area (Å²) in [6.07, 6.45) is -0.100. The van der Waals surface area contributed by atoms with E-state index in [1.54, 1.807) is 7.11 Å². The van der Waals surface area contributed by atoms with E-state index in [1.165, 1.54) is 7.11 Å². The molecule has 0 fully saturated rings. The van der Waals surface area contributed by atoms with Gasteiger partial charge in [-0.3, -0.25) is 4.79 Å². The molecule has 0 aromatic heterocycles. The van der Waals surface area contributed by atoms with Crippen LogP contribution < -0.4 is 10.6 Å². The van der Waals surface area contributed by atoms with Gasteiger partial charge in [-0.05, 0) is 12.3 Å². The van der Waals surface area contributed by atoms with Gasteiger partial charge in [0, 0.05) is 20.1 Å². The zero-order valence-corrected chi connectivity index (χ0v) is 12.0. The van der Waals surface area contributed by atoms with Gasteiger partial charge in [0.05, 0.1) is 13.7 Å². The lowest BCUT2D eigenvalue weighted by Gasteiger charge is -2.16. The van der Waals surface area contributed by atoms with Gasteiger partial charge in [-0.15, -0.1) is 0 Å². The number of methoxy groups -OCH3 is 2. The molecule has 0 spiro atoms. The molecule has 0 saturated carbocycles. The summed E-state index contributed by atoms with van der Waals surface area (Å²) >= 11 is 0. The van der Waals surface area contributed by atoms with Gasteiger partial charge in [0.15, 0.2) is 0 Å². The minimum Gasteiger partial charge on any atom is -0.480 e. The Bertz CT molecular complexity index is 334. The first-order chi connectivity index (χ1) is 9.40. The van der Waals surface area contributed by atoms with Gasteiger partial charge in [-0.2, -0.15) is 0 Å². The lowest BCUT2D eigenvalue weighted by Crippen LogP contribution is -2.47. The highest BCUT2D eigenvalue weighted by atomic mass is 16.5. The number of carboxylic acid groups (broad SMARTS) is 1. The molecule has 0 aliphatic carbocycles. The molecular weight excluding hydrogens is 268 g/mol. The number of hydrogen-bond donors (Lipinski definition) is 3. The second kappa shape index (κ2) is 10.0. The van der Waals surface area contributed by atoms with Crippen LogP contribution in [-0.2, 0) is 19.1 Å². The maximum Gasteiger partial charge on any atom is 0.326 e. The van der Waals surface area contributed by atoms with Gasteiger partial charge in [-0.1, -0.05) is 6.92 Å². The molecule has 0 bridgehead atoms. The molecule has 2 amide bonds. The number of urea groups is 1. The molecule has 116 valence electrons. The smallest absolute Gasteiger partial charge is 0.326 e. The zero-order chi connectivity index (χ0) is 15.5. The fraction of sp³-hybridized carbons (Fsp3) is 0.750. The van der Waals surface area contributed by atoms with Gasteiger partial charge in [0.25, 0.3) is 0 Å². The Kier molecular flexibility index (Phi) is 9.10. The summed E-state index contributed by atoms with van der Waals surface area (Å²) < 4.78 is 9.33. The molecule has 0 aromatic carbocycles. The summed E-state index contributed by atoms with van der Waals surface area (Å²) in [6, 6.07) is -1.72. The van der Waals surface area contributed by atoms with Crippen molar-refractivity contribution in [1.29, 1.82) is 0 Å². The maximum absolute atomic E-state index is 11.5. The maximum atomic E-state index is 11.5. The number of hydrogen-bond acceptors (Lipinski definition) is 5. The fourth-order valence-electron chi connectivity index (χ4n) is 1.44. The molecule has 3 N–H and O–H groups in total. The molecule has 2 atom stereocenters. The number of carbonyl (C=O) groups excluding carboxylic acids is 2. The van der Waals surface area contributed by atoms with E-state index in [2.05, 4.69) is 15.4 Å². The third-order valence-corrected chi connectivity index (χ3v) is 2.53. The first-order valence-electron chi connectivity index (χ1n) is 6.23. The van der Waals surface area contributed by atoms with Crippen LogP contribution in [0.25, 0.3) is 0 Å². The Morgan fingerprint density at radius 3 is 2.40 bits per heavy atom. The highest BCUT2D eigenvalue weighted by Gasteiger charge is 2.21. The summed E-state index contributed by atoms with van der Waals surface area (Å²) in [5.41, 5.74) is 0. The van der Waals surface area contributed by atoms with Crippen LogP contribution in [0.3, 0.4) is 0 Å². The molecule has 0 aromatic rings. The molecule has 8 heteroatoms. The van der Waals surface area contributed by atoms with E-state index < -0.39 is 24.0 Å². The van der Waals surface area contributed by atoms with Crippen molar-refractivity contribution in [2.24, 2.45) is 5.92 Å². The molecule has 1 unspecified atom stereocenters. The second-order valence-corrected chi connectivity index (χ2v) is 4.42. The van der Waals surface area contributed by atoms with Crippen molar-refractivity contribution in [1.82, 2.24) is 10.6 Å². The van der Waals surface area contributed by atoms with Crippen LogP contribution in [0, 0.1) is 5.92 Å². The summed E-state index contributed by atoms with van der Waals surface area (Å²) in [6.45, 7) is 2.74. The summed E-state index contributed by atoms with van der Waals surface area (Å²) in [5, 5.41) is 13.8. The molecule has 8 nitrogen and oxygen atoms in total. The van der Waals surface area contributed by atoms with Crippen molar-refractivity contribution < 1.29 is 29.0 Å². The van der Waals surface area contributed by atoms with Crippen LogP contribution in [0.15, 0.2) is 0 Å². The van der Waals surface area contributed by atoms with E-state index in [-0.39, 0.29) is 18.8 Å². The Labute approximate surface area is 117 Å². The molecule has 0 saturated heterocycles. The number of esters is 1. The monoisotopic (exact) mass is 290 g/mol. The van der Waals surface area contributed by atoms with Crippen LogP contribution in [0.2, 0.25) is 0 Å². The van der Waals surface area contributed by atoms with Crippen molar-refractivity contribution in [3.63, 3.8) is 0 Å². The molecule has 0 rings (SSSR count). The summed E-state index contributed by atoms with van der Waals surface area (Å²) in [5.74, 6) is -1.61. The number of ether oxygens (including phenoxy) is 2. The van der Waals surface area contributed by atoms with Crippen molar-refractivity contribution >= 4 is 18.0 Å². The normalized spacial score (nSPS) is 13.2. The first kappa shape index (κ1) is 18.2. The van der Waals surface area contributed by atoms with E-state index in [0.29, 0.717) is 13.2 Å². The Morgan fingerprint density at radius 2 is 1.90 bits per heavy atom. The average molecular weight is 290 g/mol. The molecule has 0 aliphatic heterocycles. The largest absolute Gasteiger partial charge is 0.480 e. The second-order valence-electron chi connectivity index (χ2n) is 4.42. The highest BCUT2D eigenvalue weighted by molar-refractivity contribution is 5.83. The van der Waals surface area contributed by atoms with Crippen molar-refractivity contribution in [3.05, 3.63) is 0 Å². The molecule has 0 radical (unpaired) electrons. The predicted octanol–water partition coefficient (Wildman–Crippen LogP) is -0.0255. The quantitative estimate of drug-likeness (QED) is 0.514. The predicted molar refractivity (Wildman–Crippen MR) is 70.2 cm³/mol. The number of nitrogens with one attached hydrogen (secondary N) is 2. The summed E-state index contributed by atoms with van der Waals surface area (Å²) in [7, 11) is 2.78. The molecule has 20 heavy (non-hydrogen) atoms. The molecule has 0 aliphatic rings. The van der Waals surface area contributed by atoms with Gasteiger partial charge < -0.3 is 25.2 Å². The number of carbonyl (C=O) groups is 3. The average Bonchev–Trinajstić information content (AvgIpc) is 2.40. The third-order valence-electron chi connectivity index (χ3n) is 2.53. The van der Waals surface area contributed by atoms with Gasteiger partial charge in [0.2, 0.25) is 0 Å². The van der Waals surface area contributed by atoms with E-state index in [0.717, 1.165) is 0 Å². The van der Waals surface area contributed by atoms with E-state index in [1.807, 2.05) is 6.92 Å². The molecule has 0 heterocycles. The first-order valence-corrected chi connectivity index (χ1v) is 6.23. The lowest BCUT2D eigenvalue weighted by molar-refractivity contribution is -0.142. The fourth-order valence-corrected chi connectivity index (χ4v) is 1.44. The third kappa shape index (κ3) is 8.30. The summed E-state index contributed by atoms with van der Waals surface area (Å²) in [4.78, 5) is 33.5. The SMILES string of the molecule is COCC(C)CNC(=O)N[C@@H](CCC(=O)OC)C(=O)O. The number of carboxylic acids is 1. The van der Waals surface area contributed by atoms with Crippen molar-refractivity contribution in [3.8, 4) is 0 Å². The van der Waals surface area contributed by atoms with Crippen LogP contribution >= 0.6 is 0 Å². The minimum atomic E-state index is -1.20. The zero-order valence-electron chi connectivity index (χ0n) is 12.0. The van der Waals surface area contributed by atoms with Crippen molar-refractivity contribution in [2.75, 3.05) is 27.4 Å². The minimum absolute atomic E-state index is 0.0248. The van der Waals surface area contributed by atoms with Crippen molar-refractivity contribution in [2.45, 2.75) is 25.8 Å². The Balaban J connectivity index is 4.14. The van der Waals surface area contributed by atoms with Gasteiger partial charge in [0.1, 0.15) is 6.04 Å². The van der Waals surface area contributed by atoms with E-state index >= 15 is 0 Å². The van der Waals surface area contributed by atoms with Gasteiger partial charge >= 0.3 is 18.0 Å². The van der Waals surface area contributed by atoms with Crippen LogP contribution in [-0.4, -0.2) is 56.5 Å². The number of aliphatic carboxylic acids is 1. The van der Waals surface area contributed by atoms with Crippen LogP contribution in [0.5, 0.6) is 0 Å². The number of amides is 2. The van der Waals surface area contributed by atoms with E-state index in [4.69, 9.17) is 9.84 Å². The lowest BCUT2D eigenvalue weighted by atomic mass is 10.1. The standard InChI is InChI=1S/C12H22N2O6/c1-8(7-19-2)6-13-12(18)14-9(11(16)17)4-5-10(15)20-3/h8-9H,4-7H2,1-3H3,(H,16,17)(H2,13,14,18)/t8?,9-/m0/s1. The molecular formula is C12H22N2O6. The van der Waals surface area contributed by atoms with Gasteiger partial charge in [-0.25, -0.2) is 9.59 Å².